The molecule has 0 saturated heterocycles. The third-order valence-electron chi connectivity index (χ3n) is 2.77. The fraction of sp³-hybridized carbons (Fsp3) is 1.00. The second-order valence-corrected chi connectivity index (χ2v) is 5.23. The summed E-state index contributed by atoms with van der Waals surface area (Å²) in [7, 11) is 0. The topological polar surface area (TPSA) is 38.0 Å². The number of hydrogen-bond donors (Lipinski definition) is 2. The van der Waals surface area contributed by atoms with Crippen molar-refractivity contribution in [2.45, 2.75) is 52.5 Å². The van der Waals surface area contributed by atoms with Crippen LogP contribution in [0.5, 0.6) is 0 Å². The molecule has 2 nitrogen and oxygen atoms in total. The van der Waals surface area contributed by atoms with Gasteiger partial charge in [-0.3, -0.25) is 11.3 Å². The van der Waals surface area contributed by atoms with Crippen LogP contribution in [0.25, 0.3) is 0 Å². The largest absolute Gasteiger partial charge is 0.271 e. The lowest BCUT2D eigenvalue weighted by atomic mass is 9.74. The average molecular weight is 170 g/mol. The Hall–Kier alpha value is -0.0800. The zero-order chi connectivity index (χ0) is 9.19. The van der Waals surface area contributed by atoms with Gasteiger partial charge in [-0.25, -0.2) is 0 Å². The molecular weight excluding hydrogens is 148 g/mol. The van der Waals surface area contributed by atoms with E-state index in [1.54, 1.807) is 0 Å². The van der Waals surface area contributed by atoms with Gasteiger partial charge in [-0.2, -0.15) is 0 Å². The Bertz CT molecular complexity index is 133. The highest BCUT2D eigenvalue weighted by molar-refractivity contribution is 4.84. The molecule has 1 atom stereocenters. The normalized spacial score (nSPS) is 22.0. The molecule has 0 aromatic heterocycles. The molecule has 1 aliphatic carbocycles. The third kappa shape index (κ3) is 2.76. The minimum atomic E-state index is 0.395. The van der Waals surface area contributed by atoms with E-state index >= 15 is 0 Å². The Balaban J connectivity index is 2.34. The maximum absolute atomic E-state index is 5.54. The van der Waals surface area contributed by atoms with E-state index in [0.29, 0.717) is 11.5 Å². The Labute approximate surface area is 75.9 Å². The van der Waals surface area contributed by atoms with Crippen LogP contribution in [0.3, 0.4) is 0 Å². The van der Waals surface area contributed by atoms with Gasteiger partial charge in [0.05, 0.1) is 0 Å². The van der Waals surface area contributed by atoms with Crippen LogP contribution in [0.15, 0.2) is 0 Å². The molecule has 0 amide bonds. The molecule has 0 heterocycles. The van der Waals surface area contributed by atoms with Crippen molar-refractivity contribution in [1.82, 2.24) is 5.43 Å². The fourth-order valence-corrected chi connectivity index (χ4v) is 1.86. The summed E-state index contributed by atoms with van der Waals surface area (Å²) in [5.41, 5.74) is 3.36. The monoisotopic (exact) mass is 170 g/mol. The van der Waals surface area contributed by atoms with Crippen LogP contribution < -0.4 is 11.3 Å². The van der Waals surface area contributed by atoms with Gasteiger partial charge in [0.2, 0.25) is 0 Å². The molecule has 1 saturated carbocycles. The lowest BCUT2D eigenvalue weighted by molar-refractivity contribution is 0.178. The van der Waals surface area contributed by atoms with E-state index < -0.39 is 0 Å². The van der Waals surface area contributed by atoms with E-state index in [1.807, 2.05) is 0 Å². The summed E-state index contributed by atoms with van der Waals surface area (Å²) < 4.78 is 0. The zero-order valence-corrected chi connectivity index (χ0v) is 8.56. The maximum Gasteiger partial charge on any atom is 0.0243 e. The Kier molecular flexibility index (Phi) is 3.13. The first-order chi connectivity index (χ1) is 5.53. The SMILES string of the molecule is CC(C)(C)CC(NN)C1CCC1. The first kappa shape index (κ1) is 10.0. The molecule has 1 unspecified atom stereocenters. The molecule has 3 N–H and O–H groups in total. The van der Waals surface area contributed by atoms with Gasteiger partial charge in [0, 0.05) is 6.04 Å². The van der Waals surface area contributed by atoms with E-state index in [1.165, 1.54) is 25.7 Å². The molecular formula is C10H22N2. The molecule has 1 aliphatic rings. The smallest absolute Gasteiger partial charge is 0.0243 e. The summed E-state index contributed by atoms with van der Waals surface area (Å²) in [6, 6.07) is 0.541. The van der Waals surface area contributed by atoms with Crippen LogP contribution >= 0.6 is 0 Å². The lowest BCUT2D eigenvalue weighted by Gasteiger charge is -2.36. The molecule has 0 spiro atoms. The van der Waals surface area contributed by atoms with Gasteiger partial charge >= 0.3 is 0 Å². The van der Waals surface area contributed by atoms with Crippen molar-refractivity contribution in [2.24, 2.45) is 17.2 Å². The molecule has 72 valence electrons. The molecule has 0 aromatic carbocycles. The number of hydrazine groups is 1. The lowest BCUT2D eigenvalue weighted by Crippen LogP contribution is -2.45. The van der Waals surface area contributed by atoms with Crippen LogP contribution in [0.4, 0.5) is 0 Å². The summed E-state index contributed by atoms with van der Waals surface area (Å²) in [6.45, 7) is 6.82. The molecule has 12 heavy (non-hydrogen) atoms. The van der Waals surface area contributed by atoms with Crippen LogP contribution in [0.1, 0.15) is 46.5 Å². The van der Waals surface area contributed by atoms with Gasteiger partial charge < -0.3 is 0 Å². The van der Waals surface area contributed by atoms with Gasteiger partial charge in [0.1, 0.15) is 0 Å². The Morgan fingerprint density at radius 3 is 2.25 bits per heavy atom. The zero-order valence-electron chi connectivity index (χ0n) is 8.56. The maximum atomic E-state index is 5.54. The van der Waals surface area contributed by atoms with Gasteiger partial charge in [-0.05, 0) is 30.6 Å². The van der Waals surface area contributed by atoms with Crippen LogP contribution in [0, 0.1) is 11.3 Å². The van der Waals surface area contributed by atoms with Gasteiger partial charge in [-0.15, -0.1) is 0 Å². The van der Waals surface area contributed by atoms with Gasteiger partial charge in [0.25, 0.3) is 0 Å². The van der Waals surface area contributed by atoms with E-state index in [9.17, 15) is 0 Å². The molecule has 0 aromatic rings. The number of hydrogen-bond acceptors (Lipinski definition) is 2. The first-order valence-electron chi connectivity index (χ1n) is 4.99. The van der Waals surface area contributed by atoms with Crippen molar-refractivity contribution in [2.75, 3.05) is 0 Å². The minimum Gasteiger partial charge on any atom is -0.271 e. The standard InChI is InChI=1S/C10H22N2/c1-10(2,3)7-9(12-11)8-5-4-6-8/h8-9,12H,4-7,11H2,1-3H3. The predicted octanol–water partition coefficient (Wildman–Crippen LogP) is 2.05. The quantitative estimate of drug-likeness (QED) is 0.502. The summed E-state index contributed by atoms with van der Waals surface area (Å²) in [4.78, 5) is 0. The minimum absolute atomic E-state index is 0.395. The molecule has 1 rings (SSSR count). The highest BCUT2D eigenvalue weighted by Gasteiger charge is 2.29. The Morgan fingerprint density at radius 2 is 2.00 bits per heavy atom. The van der Waals surface area contributed by atoms with Gasteiger partial charge in [-0.1, -0.05) is 27.2 Å². The number of nitrogens with one attached hydrogen (secondary N) is 1. The number of rotatable bonds is 3. The Morgan fingerprint density at radius 1 is 1.42 bits per heavy atom. The first-order valence-corrected chi connectivity index (χ1v) is 4.99. The highest BCUT2D eigenvalue weighted by atomic mass is 15.2. The second kappa shape index (κ2) is 3.75. The second-order valence-electron chi connectivity index (χ2n) is 5.23. The van der Waals surface area contributed by atoms with Crippen LogP contribution in [-0.2, 0) is 0 Å². The van der Waals surface area contributed by atoms with Crippen molar-refractivity contribution in [3.63, 3.8) is 0 Å². The molecule has 0 bridgehead atoms. The summed E-state index contributed by atoms with van der Waals surface area (Å²) in [6.07, 6.45) is 5.32. The highest BCUT2D eigenvalue weighted by Crippen LogP contribution is 2.34. The summed E-state index contributed by atoms with van der Waals surface area (Å²) in [5, 5.41) is 0. The average Bonchev–Trinajstić information content (AvgIpc) is 1.79. The van der Waals surface area contributed by atoms with Crippen LogP contribution in [-0.4, -0.2) is 6.04 Å². The predicted molar refractivity (Wildman–Crippen MR) is 52.5 cm³/mol. The molecule has 0 aliphatic heterocycles. The van der Waals surface area contributed by atoms with Crippen molar-refractivity contribution >= 4 is 0 Å². The summed E-state index contributed by atoms with van der Waals surface area (Å²) >= 11 is 0. The van der Waals surface area contributed by atoms with Crippen molar-refractivity contribution in [3.05, 3.63) is 0 Å². The molecule has 0 radical (unpaired) electrons. The van der Waals surface area contributed by atoms with Crippen molar-refractivity contribution < 1.29 is 0 Å². The van der Waals surface area contributed by atoms with E-state index in [4.69, 9.17) is 5.84 Å². The van der Waals surface area contributed by atoms with E-state index in [-0.39, 0.29) is 0 Å². The summed E-state index contributed by atoms with van der Waals surface area (Å²) in [5.74, 6) is 6.38. The van der Waals surface area contributed by atoms with E-state index in [2.05, 4.69) is 26.2 Å². The van der Waals surface area contributed by atoms with Gasteiger partial charge in [0.15, 0.2) is 0 Å². The fourth-order valence-electron chi connectivity index (χ4n) is 1.86. The third-order valence-corrected chi connectivity index (χ3v) is 2.77. The van der Waals surface area contributed by atoms with Crippen LogP contribution in [0.2, 0.25) is 0 Å². The van der Waals surface area contributed by atoms with E-state index in [0.717, 1.165) is 5.92 Å². The van der Waals surface area contributed by atoms with Crippen molar-refractivity contribution in [1.29, 1.82) is 0 Å². The molecule has 1 fully saturated rings. The number of nitrogens with two attached hydrogens (primary N) is 1. The molecule has 2 heteroatoms. The van der Waals surface area contributed by atoms with Crippen molar-refractivity contribution in [3.8, 4) is 0 Å².